The van der Waals surface area contributed by atoms with Gasteiger partial charge < -0.3 is 4.90 Å². The highest BCUT2D eigenvalue weighted by atomic mass is 15.6. The first-order valence-corrected chi connectivity index (χ1v) is 8.45. The molecule has 0 saturated heterocycles. The van der Waals surface area contributed by atoms with Crippen molar-refractivity contribution in [2.45, 2.75) is 6.17 Å². The molecule has 2 aliphatic rings. The van der Waals surface area contributed by atoms with Crippen LogP contribution in [0.4, 0.5) is 5.69 Å². The van der Waals surface area contributed by atoms with Gasteiger partial charge in [-0.3, -0.25) is 0 Å². The normalized spacial score (nSPS) is 17.9. The molecular weight excluding hydrogens is 306 g/mol. The lowest BCUT2D eigenvalue weighted by atomic mass is 10.00. The van der Waals surface area contributed by atoms with Crippen LogP contribution in [0.2, 0.25) is 0 Å². The average Bonchev–Trinajstić information content (AvgIpc) is 3.09. The van der Waals surface area contributed by atoms with Crippen molar-refractivity contribution < 1.29 is 0 Å². The van der Waals surface area contributed by atoms with Crippen molar-refractivity contribution in [3.8, 4) is 0 Å². The molecule has 0 N–H and O–H groups in total. The number of para-hydroxylation sites is 1. The molecule has 0 aromatic heterocycles. The van der Waals surface area contributed by atoms with Gasteiger partial charge in [-0.2, -0.15) is 5.10 Å². The van der Waals surface area contributed by atoms with Gasteiger partial charge in [0.1, 0.15) is 0 Å². The van der Waals surface area contributed by atoms with E-state index in [9.17, 15) is 0 Å². The Balaban J connectivity index is 1.69. The van der Waals surface area contributed by atoms with Gasteiger partial charge in [0.05, 0.1) is 5.69 Å². The van der Waals surface area contributed by atoms with E-state index in [-0.39, 0.29) is 6.17 Å². The van der Waals surface area contributed by atoms with Crippen molar-refractivity contribution in [1.82, 2.24) is 4.90 Å². The van der Waals surface area contributed by atoms with E-state index in [1.165, 1.54) is 11.1 Å². The summed E-state index contributed by atoms with van der Waals surface area (Å²) in [6.45, 7) is 0. The summed E-state index contributed by atoms with van der Waals surface area (Å²) in [6, 6.07) is 29.3. The van der Waals surface area contributed by atoms with E-state index < -0.39 is 0 Å². The molecule has 0 spiro atoms. The summed E-state index contributed by atoms with van der Waals surface area (Å²) in [5.74, 6) is 0.972. The van der Waals surface area contributed by atoms with Crippen molar-refractivity contribution >= 4 is 17.6 Å². The third kappa shape index (κ3) is 2.24. The molecule has 0 bridgehead atoms. The zero-order valence-corrected chi connectivity index (χ0v) is 13.7. The van der Waals surface area contributed by atoms with Gasteiger partial charge in [-0.25, -0.2) is 5.01 Å². The predicted octanol–water partition coefficient (Wildman–Crippen LogP) is 4.85. The lowest BCUT2D eigenvalue weighted by Crippen LogP contribution is -2.33. The molecule has 2 aliphatic heterocycles. The number of rotatable bonds is 2. The zero-order chi connectivity index (χ0) is 16.6. The van der Waals surface area contributed by atoms with Crippen molar-refractivity contribution in [3.63, 3.8) is 0 Å². The van der Waals surface area contributed by atoms with Crippen LogP contribution in [0.1, 0.15) is 22.9 Å². The molecule has 0 saturated carbocycles. The highest BCUT2D eigenvalue weighted by molar-refractivity contribution is 6.02. The number of benzene rings is 3. The second-order valence-electron chi connectivity index (χ2n) is 6.20. The van der Waals surface area contributed by atoms with E-state index in [0.717, 1.165) is 17.1 Å². The van der Waals surface area contributed by atoms with Gasteiger partial charge in [-0.15, -0.1) is 0 Å². The van der Waals surface area contributed by atoms with Crippen LogP contribution in [0, 0.1) is 0 Å². The van der Waals surface area contributed by atoms with Gasteiger partial charge in [0.15, 0.2) is 12.0 Å². The first-order valence-electron chi connectivity index (χ1n) is 8.45. The Morgan fingerprint density at radius 2 is 1.40 bits per heavy atom. The SMILES string of the molecule is C1=CN2C(c3ccccc3)=NN(c3ccccc3)C2c2ccccc21. The second-order valence-corrected chi connectivity index (χ2v) is 6.20. The molecule has 0 amide bonds. The van der Waals surface area contributed by atoms with E-state index in [0.29, 0.717) is 0 Å². The number of hydrogen-bond acceptors (Lipinski definition) is 3. The molecule has 0 fully saturated rings. The van der Waals surface area contributed by atoms with Crippen LogP contribution in [0.15, 0.2) is 96.2 Å². The van der Waals surface area contributed by atoms with Crippen LogP contribution in [0.3, 0.4) is 0 Å². The summed E-state index contributed by atoms with van der Waals surface area (Å²) < 4.78 is 0. The van der Waals surface area contributed by atoms with E-state index in [2.05, 4.69) is 95.0 Å². The standard InChI is InChI=1S/C22H17N3/c1-3-10-18(11-4-1)21-23-25(19-12-5-2-6-13-19)22-20-14-8-7-9-17(20)15-16-24(21)22/h1-16,22H. The Kier molecular flexibility index (Phi) is 3.17. The quantitative estimate of drug-likeness (QED) is 0.671. The monoisotopic (exact) mass is 323 g/mol. The van der Waals surface area contributed by atoms with Gasteiger partial charge in [-0.05, 0) is 23.8 Å². The first-order chi connectivity index (χ1) is 12.4. The molecule has 2 heterocycles. The molecule has 3 aromatic carbocycles. The molecule has 0 radical (unpaired) electrons. The Morgan fingerprint density at radius 1 is 0.720 bits per heavy atom. The number of fused-ring (bicyclic) bond motifs is 3. The molecule has 3 nitrogen and oxygen atoms in total. The van der Waals surface area contributed by atoms with E-state index in [4.69, 9.17) is 5.10 Å². The van der Waals surface area contributed by atoms with Gasteiger partial charge in [0.25, 0.3) is 0 Å². The maximum atomic E-state index is 5.00. The first kappa shape index (κ1) is 14.1. The fourth-order valence-corrected chi connectivity index (χ4v) is 3.51. The predicted molar refractivity (Wildman–Crippen MR) is 102 cm³/mol. The fraction of sp³-hybridized carbons (Fsp3) is 0.0455. The van der Waals surface area contributed by atoms with Crippen molar-refractivity contribution in [2.75, 3.05) is 5.01 Å². The van der Waals surface area contributed by atoms with Crippen LogP contribution in [-0.4, -0.2) is 10.7 Å². The smallest absolute Gasteiger partial charge is 0.162 e. The lowest BCUT2D eigenvalue weighted by Gasteiger charge is -2.33. The van der Waals surface area contributed by atoms with Gasteiger partial charge in [0, 0.05) is 17.3 Å². The van der Waals surface area contributed by atoms with Crippen LogP contribution >= 0.6 is 0 Å². The number of hydrazone groups is 1. The van der Waals surface area contributed by atoms with Crippen molar-refractivity contribution in [1.29, 1.82) is 0 Å². The summed E-state index contributed by atoms with van der Waals surface area (Å²) in [4.78, 5) is 2.25. The molecular formula is C22H17N3. The minimum absolute atomic E-state index is 0.0406. The summed E-state index contributed by atoms with van der Waals surface area (Å²) >= 11 is 0. The van der Waals surface area contributed by atoms with E-state index in [1.807, 2.05) is 12.1 Å². The van der Waals surface area contributed by atoms with Crippen LogP contribution in [-0.2, 0) is 0 Å². The Labute approximate surface area is 147 Å². The third-order valence-electron chi connectivity index (χ3n) is 4.68. The molecule has 3 aromatic rings. The Bertz CT molecular complexity index is 961. The van der Waals surface area contributed by atoms with Crippen LogP contribution < -0.4 is 5.01 Å². The number of amidine groups is 1. The summed E-state index contributed by atoms with van der Waals surface area (Å²) in [7, 11) is 0. The third-order valence-corrected chi connectivity index (χ3v) is 4.68. The van der Waals surface area contributed by atoms with E-state index in [1.54, 1.807) is 0 Å². The zero-order valence-electron chi connectivity index (χ0n) is 13.7. The number of nitrogens with zero attached hydrogens (tertiary/aromatic N) is 3. The lowest BCUT2D eigenvalue weighted by molar-refractivity contribution is 0.431. The van der Waals surface area contributed by atoms with Gasteiger partial charge in [-0.1, -0.05) is 72.8 Å². The maximum Gasteiger partial charge on any atom is 0.162 e. The van der Waals surface area contributed by atoms with Gasteiger partial charge in [0.2, 0.25) is 0 Å². The molecule has 120 valence electrons. The molecule has 0 aliphatic carbocycles. The van der Waals surface area contributed by atoms with Crippen molar-refractivity contribution in [3.05, 3.63) is 108 Å². The molecule has 5 rings (SSSR count). The highest BCUT2D eigenvalue weighted by Gasteiger charge is 2.38. The molecule has 1 atom stereocenters. The Hall–Kier alpha value is -3.33. The van der Waals surface area contributed by atoms with Gasteiger partial charge >= 0.3 is 0 Å². The average molecular weight is 323 g/mol. The fourth-order valence-electron chi connectivity index (χ4n) is 3.51. The second kappa shape index (κ2) is 5.64. The van der Waals surface area contributed by atoms with Crippen LogP contribution in [0.25, 0.3) is 6.08 Å². The number of hydrogen-bond donors (Lipinski definition) is 0. The van der Waals surface area contributed by atoms with Crippen molar-refractivity contribution in [2.24, 2.45) is 5.10 Å². The summed E-state index contributed by atoms with van der Waals surface area (Å²) in [5.41, 5.74) is 4.72. The summed E-state index contributed by atoms with van der Waals surface area (Å²) in [6.07, 6.45) is 4.35. The van der Waals surface area contributed by atoms with Crippen LogP contribution in [0.5, 0.6) is 0 Å². The highest BCUT2D eigenvalue weighted by Crippen LogP contribution is 2.41. The number of anilines is 1. The topological polar surface area (TPSA) is 18.8 Å². The minimum atomic E-state index is 0.0406. The minimum Gasteiger partial charge on any atom is -0.304 e. The van der Waals surface area contributed by atoms with E-state index >= 15 is 0 Å². The summed E-state index contributed by atoms with van der Waals surface area (Å²) in [5, 5.41) is 7.11. The largest absolute Gasteiger partial charge is 0.304 e. The molecule has 1 unspecified atom stereocenters. The molecule has 25 heavy (non-hydrogen) atoms. The molecule has 3 heteroatoms. The Morgan fingerprint density at radius 3 is 2.20 bits per heavy atom. The maximum absolute atomic E-state index is 5.00.